The molecule has 0 rings (SSSR count). The molecule has 0 aromatic rings. The van der Waals surface area contributed by atoms with Crippen molar-refractivity contribution in [2.24, 2.45) is 5.92 Å². The molecule has 0 fully saturated rings. The van der Waals surface area contributed by atoms with Gasteiger partial charge in [0.15, 0.2) is 0 Å². The Morgan fingerprint density at radius 1 is 1.17 bits per heavy atom. The van der Waals surface area contributed by atoms with Gasteiger partial charge in [0.1, 0.15) is 11.4 Å². The maximum atomic E-state index is 11.8. The molecule has 106 valence electrons. The van der Waals surface area contributed by atoms with Crippen LogP contribution in [0.25, 0.3) is 0 Å². The van der Waals surface area contributed by atoms with E-state index in [2.05, 4.69) is 31.9 Å². The van der Waals surface area contributed by atoms with Crippen LogP contribution in [0.3, 0.4) is 0 Å². The monoisotopic (exact) mass is 384 g/mol. The summed E-state index contributed by atoms with van der Waals surface area (Å²) in [7, 11) is 0. The van der Waals surface area contributed by atoms with Crippen LogP contribution in [0.15, 0.2) is 0 Å². The molecule has 0 amide bonds. The Kier molecular flexibility index (Phi) is 9.13. The second kappa shape index (κ2) is 9.08. The van der Waals surface area contributed by atoms with Gasteiger partial charge in [0, 0.05) is 17.1 Å². The summed E-state index contributed by atoms with van der Waals surface area (Å²) >= 11 is 6.59. The molecule has 0 bridgehead atoms. The number of alkyl halides is 2. The van der Waals surface area contributed by atoms with Gasteiger partial charge in [-0.25, -0.2) is 0 Å². The third-order valence-electron chi connectivity index (χ3n) is 2.64. The number of halogens is 2. The quantitative estimate of drug-likeness (QED) is 0.343. The number of carbonyl (C=O) groups excluding carboxylic acids is 2. The van der Waals surface area contributed by atoms with Gasteiger partial charge < -0.3 is 9.53 Å². The van der Waals surface area contributed by atoms with Gasteiger partial charge >= 0.3 is 5.97 Å². The molecule has 3 nitrogen and oxygen atoms in total. The standard InChI is InChI=1S/C13H22Br2O3/c1-10(16)6-4-5-7-13(2,3)18-12(17)11(8-14)9-15/h11H,4-9H2,1-3H3. The summed E-state index contributed by atoms with van der Waals surface area (Å²) in [5.74, 6) is -0.120. The van der Waals surface area contributed by atoms with Crippen LogP contribution in [0.5, 0.6) is 0 Å². The van der Waals surface area contributed by atoms with Gasteiger partial charge in [-0.3, -0.25) is 4.79 Å². The van der Waals surface area contributed by atoms with E-state index in [0.717, 1.165) is 19.3 Å². The van der Waals surface area contributed by atoms with Crippen LogP contribution in [-0.2, 0) is 14.3 Å². The van der Waals surface area contributed by atoms with E-state index >= 15 is 0 Å². The fourth-order valence-corrected chi connectivity index (χ4v) is 3.10. The molecule has 0 aromatic heterocycles. The molecule has 5 heteroatoms. The van der Waals surface area contributed by atoms with Crippen molar-refractivity contribution in [2.75, 3.05) is 10.7 Å². The molecular formula is C13H22Br2O3. The zero-order chi connectivity index (χ0) is 14.2. The summed E-state index contributed by atoms with van der Waals surface area (Å²) in [5, 5.41) is 1.19. The number of hydrogen-bond donors (Lipinski definition) is 0. The van der Waals surface area contributed by atoms with Crippen LogP contribution in [0.1, 0.15) is 46.5 Å². The van der Waals surface area contributed by atoms with Crippen LogP contribution >= 0.6 is 31.9 Å². The average molecular weight is 386 g/mol. The number of hydrogen-bond acceptors (Lipinski definition) is 3. The number of rotatable bonds is 9. The van der Waals surface area contributed by atoms with Crippen molar-refractivity contribution in [3.63, 3.8) is 0 Å². The Morgan fingerprint density at radius 2 is 1.72 bits per heavy atom. The van der Waals surface area contributed by atoms with Gasteiger partial charge in [-0.05, 0) is 40.0 Å². The fourth-order valence-electron chi connectivity index (χ4n) is 1.50. The number of unbranched alkanes of at least 4 members (excludes halogenated alkanes) is 1. The number of carbonyl (C=O) groups is 2. The van der Waals surface area contributed by atoms with Crippen LogP contribution in [-0.4, -0.2) is 28.0 Å². The Morgan fingerprint density at radius 3 is 2.17 bits per heavy atom. The molecule has 0 N–H and O–H groups in total. The van der Waals surface area contributed by atoms with Crippen LogP contribution < -0.4 is 0 Å². The normalized spacial score (nSPS) is 11.7. The van der Waals surface area contributed by atoms with E-state index in [-0.39, 0.29) is 17.7 Å². The first kappa shape index (κ1) is 18.1. The lowest BCUT2D eigenvalue weighted by Gasteiger charge is -2.27. The maximum Gasteiger partial charge on any atom is 0.311 e. The first-order valence-electron chi connectivity index (χ1n) is 6.16. The molecule has 0 aliphatic heterocycles. The predicted octanol–water partition coefficient (Wildman–Crippen LogP) is 3.86. The van der Waals surface area contributed by atoms with Crippen LogP contribution in [0, 0.1) is 5.92 Å². The molecule has 18 heavy (non-hydrogen) atoms. The topological polar surface area (TPSA) is 43.4 Å². The molecule has 0 spiro atoms. The maximum absolute atomic E-state index is 11.8. The van der Waals surface area contributed by atoms with E-state index in [1.165, 1.54) is 0 Å². The van der Waals surface area contributed by atoms with E-state index in [9.17, 15) is 9.59 Å². The SMILES string of the molecule is CC(=O)CCCCC(C)(C)OC(=O)C(CBr)CBr. The lowest BCUT2D eigenvalue weighted by atomic mass is 9.99. The van der Waals surface area contributed by atoms with E-state index < -0.39 is 5.60 Å². The highest BCUT2D eigenvalue weighted by molar-refractivity contribution is 9.09. The highest BCUT2D eigenvalue weighted by Gasteiger charge is 2.26. The third-order valence-corrected chi connectivity index (χ3v) is 4.20. The summed E-state index contributed by atoms with van der Waals surface area (Å²) in [6, 6.07) is 0. The molecule has 0 aliphatic carbocycles. The van der Waals surface area contributed by atoms with E-state index in [1.54, 1.807) is 6.92 Å². The molecule has 0 radical (unpaired) electrons. The zero-order valence-electron chi connectivity index (χ0n) is 11.3. The van der Waals surface area contributed by atoms with Gasteiger partial charge in [-0.15, -0.1) is 0 Å². The van der Waals surface area contributed by atoms with Crippen molar-refractivity contribution in [1.29, 1.82) is 0 Å². The highest BCUT2D eigenvalue weighted by Crippen LogP contribution is 2.21. The average Bonchev–Trinajstić information content (AvgIpc) is 2.25. The molecule has 0 heterocycles. The number of ether oxygens (including phenoxy) is 1. The third kappa shape index (κ3) is 8.25. The smallest absolute Gasteiger partial charge is 0.311 e. The minimum Gasteiger partial charge on any atom is -0.459 e. The Labute approximate surface area is 126 Å². The minimum atomic E-state index is -0.462. The summed E-state index contributed by atoms with van der Waals surface area (Å²) in [6.45, 7) is 5.43. The Hall–Kier alpha value is 0.1000. The van der Waals surface area contributed by atoms with Crippen LogP contribution in [0.4, 0.5) is 0 Å². The van der Waals surface area contributed by atoms with Crippen molar-refractivity contribution < 1.29 is 14.3 Å². The summed E-state index contributed by atoms with van der Waals surface area (Å²) < 4.78 is 5.50. The lowest BCUT2D eigenvalue weighted by molar-refractivity contribution is -0.160. The number of ketones is 1. The zero-order valence-corrected chi connectivity index (χ0v) is 14.5. The van der Waals surface area contributed by atoms with Crippen LogP contribution in [0.2, 0.25) is 0 Å². The lowest BCUT2D eigenvalue weighted by Crippen LogP contribution is -2.32. The fraction of sp³-hybridized carbons (Fsp3) is 0.846. The first-order chi connectivity index (χ1) is 8.32. The number of esters is 1. The van der Waals surface area contributed by atoms with Gasteiger partial charge in [-0.1, -0.05) is 31.9 Å². The molecule has 0 aliphatic rings. The molecule has 0 aromatic carbocycles. The minimum absolute atomic E-state index is 0.151. The predicted molar refractivity (Wildman–Crippen MR) is 80.4 cm³/mol. The molecule has 0 saturated carbocycles. The molecular weight excluding hydrogens is 364 g/mol. The van der Waals surface area contributed by atoms with E-state index in [1.807, 2.05) is 13.8 Å². The van der Waals surface area contributed by atoms with Crippen molar-refractivity contribution in [1.82, 2.24) is 0 Å². The second-order valence-electron chi connectivity index (χ2n) is 5.10. The van der Waals surface area contributed by atoms with Gasteiger partial charge in [0.2, 0.25) is 0 Å². The molecule has 0 unspecified atom stereocenters. The van der Waals surface area contributed by atoms with Gasteiger partial charge in [0.25, 0.3) is 0 Å². The van der Waals surface area contributed by atoms with Gasteiger partial charge in [0.05, 0.1) is 5.92 Å². The van der Waals surface area contributed by atoms with E-state index in [0.29, 0.717) is 17.1 Å². The Balaban J connectivity index is 4.05. The summed E-state index contributed by atoms with van der Waals surface area (Å²) in [4.78, 5) is 22.6. The summed E-state index contributed by atoms with van der Waals surface area (Å²) in [6.07, 6.45) is 3.14. The van der Waals surface area contributed by atoms with Gasteiger partial charge in [-0.2, -0.15) is 0 Å². The van der Waals surface area contributed by atoms with Crippen molar-refractivity contribution in [2.45, 2.75) is 52.1 Å². The van der Waals surface area contributed by atoms with Crippen molar-refractivity contribution in [3.8, 4) is 0 Å². The van der Waals surface area contributed by atoms with Crippen molar-refractivity contribution >= 4 is 43.6 Å². The molecule has 0 atom stereocenters. The highest BCUT2D eigenvalue weighted by atomic mass is 79.9. The number of Topliss-reactive ketones (excluding diaryl/α,β-unsaturated/α-hetero) is 1. The first-order valence-corrected chi connectivity index (χ1v) is 8.41. The largest absolute Gasteiger partial charge is 0.459 e. The van der Waals surface area contributed by atoms with Crippen molar-refractivity contribution in [3.05, 3.63) is 0 Å². The van der Waals surface area contributed by atoms with E-state index in [4.69, 9.17) is 4.74 Å². The molecule has 0 saturated heterocycles. The Bertz CT molecular complexity index is 273. The second-order valence-corrected chi connectivity index (χ2v) is 6.39. The summed E-state index contributed by atoms with van der Waals surface area (Å²) in [5.41, 5.74) is -0.462.